The van der Waals surface area contributed by atoms with Crippen LogP contribution in [0.3, 0.4) is 0 Å². The van der Waals surface area contributed by atoms with E-state index in [1.54, 1.807) is 17.0 Å². The Morgan fingerprint density at radius 3 is 2.39 bits per heavy atom. The normalized spacial score (nSPS) is 39.4. The van der Waals surface area contributed by atoms with Gasteiger partial charge < -0.3 is 45.6 Å². The van der Waals surface area contributed by atoms with Crippen molar-refractivity contribution in [2.75, 3.05) is 13.2 Å². The molecule has 13 atom stereocenters. The first-order valence-corrected chi connectivity index (χ1v) is 18.8. The van der Waals surface area contributed by atoms with Crippen LogP contribution in [0, 0.1) is 34.5 Å². The molecular weight excluding hydrogens is 674 g/mol. The van der Waals surface area contributed by atoms with Crippen LogP contribution in [0.15, 0.2) is 42.5 Å². The third kappa shape index (κ3) is 7.02. The van der Waals surface area contributed by atoms with Gasteiger partial charge in [-0.2, -0.15) is 5.26 Å². The van der Waals surface area contributed by atoms with Gasteiger partial charge in [-0.25, -0.2) is 0 Å². The second-order valence-corrected chi connectivity index (χ2v) is 16.5. The zero-order chi connectivity index (χ0) is 36.2. The van der Waals surface area contributed by atoms with Gasteiger partial charge in [0.2, 0.25) is 5.91 Å². The minimum Gasteiger partial charge on any atom is -0.494 e. The molecule has 9 rings (SSSR count). The predicted molar refractivity (Wildman–Crippen MR) is 187 cm³/mol. The number of benzene rings is 2. The summed E-state index contributed by atoms with van der Waals surface area (Å²) in [6, 6.07) is 14.7. The van der Waals surface area contributed by atoms with Crippen LogP contribution in [-0.2, 0) is 16.0 Å². The first kappa shape index (κ1) is 36.6. The standard InChI is InChI=1S/C21H25ClO6.C18H25N3O2/c1-2-27-15-6-3-12(4-7-15)9-14-10-13(5-8-16(14)22)21-20(26)19(25)18(24)17(11-23)28-21;19-8-13-2-12-3-14(12)21(13)16(22)15(20)17-4-10-1-11(5-17)7-18(23,6-10)9-17/h3-8,10,17-21,23-26H,2,9,11H2,1H3;10-15,23H,1-7,9,20H2/t17-,18-,19+,20-,21+;10-,11+,12-,13+,14+,15-,17?,18?/m11/s1. The van der Waals surface area contributed by atoms with Crippen LogP contribution in [0.4, 0.5) is 0 Å². The average molecular weight is 724 g/mol. The number of fused-ring (bicyclic) bond motifs is 1. The van der Waals surface area contributed by atoms with E-state index in [0.29, 0.717) is 47.8 Å². The van der Waals surface area contributed by atoms with Crippen LogP contribution in [-0.4, -0.2) is 97.7 Å². The van der Waals surface area contributed by atoms with E-state index in [0.717, 1.165) is 55.4 Å². The number of aliphatic hydroxyl groups is 5. The highest BCUT2D eigenvalue weighted by Gasteiger charge is 2.62. The molecule has 276 valence electrons. The van der Waals surface area contributed by atoms with Gasteiger partial charge in [0, 0.05) is 11.1 Å². The summed E-state index contributed by atoms with van der Waals surface area (Å²) in [5.74, 6) is 2.36. The fourth-order valence-corrected chi connectivity index (χ4v) is 10.5. The fourth-order valence-electron chi connectivity index (χ4n) is 10.3. The zero-order valence-electron chi connectivity index (χ0n) is 29.0. The Balaban J connectivity index is 0.000000162. The van der Waals surface area contributed by atoms with Crippen molar-refractivity contribution >= 4 is 17.5 Å². The van der Waals surface area contributed by atoms with Gasteiger partial charge in [-0.15, -0.1) is 0 Å². The molecule has 0 aromatic heterocycles. The summed E-state index contributed by atoms with van der Waals surface area (Å²) in [7, 11) is 0. The highest BCUT2D eigenvalue weighted by atomic mass is 35.5. The first-order chi connectivity index (χ1) is 24.4. The van der Waals surface area contributed by atoms with Crippen molar-refractivity contribution in [2.45, 2.75) is 119 Å². The molecular formula is C39H50ClN3O8. The van der Waals surface area contributed by atoms with Crippen LogP contribution in [0.2, 0.25) is 5.02 Å². The number of carbonyl (C=O) groups is 1. The summed E-state index contributed by atoms with van der Waals surface area (Å²) in [6.07, 6.45) is 2.10. The number of likely N-dealkylation sites (tertiary alicyclic amines) is 1. The van der Waals surface area contributed by atoms with E-state index in [1.807, 2.05) is 37.3 Å². The Hall–Kier alpha value is -2.79. The van der Waals surface area contributed by atoms with Gasteiger partial charge in [-0.1, -0.05) is 35.9 Å². The Kier molecular flexibility index (Phi) is 10.2. The highest BCUT2D eigenvalue weighted by molar-refractivity contribution is 6.31. The lowest BCUT2D eigenvalue weighted by Gasteiger charge is -2.61. The number of piperidine rings is 1. The number of hydrogen-bond donors (Lipinski definition) is 6. The van der Waals surface area contributed by atoms with Gasteiger partial charge in [0.1, 0.15) is 42.3 Å². The van der Waals surface area contributed by atoms with Crippen molar-refractivity contribution in [2.24, 2.45) is 28.9 Å². The maximum atomic E-state index is 13.1. The number of halogens is 1. The molecule has 0 radical (unpaired) electrons. The number of hydrogen-bond acceptors (Lipinski definition) is 10. The molecule has 1 amide bonds. The predicted octanol–water partition coefficient (Wildman–Crippen LogP) is 3.00. The van der Waals surface area contributed by atoms with Crippen molar-refractivity contribution in [3.05, 3.63) is 64.2 Å². The Labute approximate surface area is 303 Å². The van der Waals surface area contributed by atoms with Crippen molar-refractivity contribution in [3.8, 4) is 11.8 Å². The van der Waals surface area contributed by atoms with E-state index in [9.17, 15) is 35.6 Å². The monoisotopic (exact) mass is 723 g/mol. The van der Waals surface area contributed by atoms with Crippen LogP contribution in [0.1, 0.15) is 81.1 Å². The molecule has 2 aliphatic heterocycles. The van der Waals surface area contributed by atoms with Crippen LogP contribution in [0.5, 0.6) is 5.75 Å². The number of carbonyl (C=O) groups excluding carboxylic acids is 1. The van der Waals surface area contributed by atoms with Gasteiger partial charge in [0.05, 0.1) is 30.9 Å². The van der Waals surface area contributed by atoms with E-state index in [4.69, 9.17) is 26.8 Å². The third-order valence-electron chi connectivity index (χ3n) is 12.4. The largest absolute Gasteiger partial charge is 0.494 e. The van der Waals surface area contributed by atoms with Gasteiger partial charge in [-0.3, -0.25) is 4.79 Å². The maximum Gasteiger partial charge on any atom is 0.241 e. The lowest BCUT2D eigenvalue weighted by Crippen LogP contribution is -2.64. The van der Waals surface area contributed by atoms with Crippen LogP contribution in [0.25, 0.3) is 0 Å². The molecule has 4 bridgehead atoms. The number of nitriles is 1. The topological polar surface area (TPSA) is 190 Å². The lowest BCUT2D eigenvalue weighted by molar-refractivity contribution is -0.231. The average Bonchev–Trinajstić information content (AvgIpc) is 3.77. The van der Waals surface area contributed by atoms with Gasteiger partial charge >= 0.3 is 0 Å². The molecule has 5 aliphatic carbocycles. The molecule has 7 fully saturated rings. The number of aliphatic hydroxyl groups excluding tert-OH is 4. The maximum absolute atomic E-state index is 13.1. The van der Waals surface area contributed by atoms with E-state index in [1.165, 1.54) is 6.42 Å². The van der Waals surface area contributed by atoms with E-state index in [-0.39, 0.29) is 23.4 Å². The van der Waals surface area contributed by atoms with E-state index < -0.39 is 48.8 Å². The second-order valence-electron chi connectivity index (χ2n) is 16.1. The van der Waals surface area contributed by atoms with E-state index in [2.05, 4.69) is 6.07 Å². The molecule has 51 heavy (non-hydrogen) atoms. The molecule has 5 saturated carbocycles. The molecule has 7 N–H and O–H groups in total. The number of amides is 1. The SMILES string of the molecule is CCOc1ccc(Cc2cc([C@@H]3O[C@H](CO)[C@@H](O)[C@H](O)[C@H]3O)ccc2Cl)cc1.N#C[C@@H]1C[C@@H]2C[C@@H]2N1C(=O)[C@@H](N)C12C[C@@H]3C[C@@H](CC(O)(C3)C1)C2. The highest BCUT2D eigenvalue weighted by Crippen LogP contribution is 2.63. The molecule has 2 aromatic carbocycles. The third-order valence-corrected chi connectivity index (χ3v) is 12.8. The minimum absolute atomic E-state index is 0.0212. The summed E-state index contributed by atoms with van der Waals surface area (Å²) in [6.45, 7) is 2.07. The molecule has 2 heterocycles. The van der Waals surface area contributed by atoms with Crippen molar-refractivity contribution in [1.82, 2.24) is 4.90 Å². The van der Waals surface area contributed by atoms with Crippen LogP contribution < -0.4 is 10.5 Å². The quantitative estimate of drug-likeness (QED) is 0.236. The van der Waals surface area contributed by atoms with Crippen molar-refractivity contribution in [3.63, 3.8) is 0 Å². The number of rotatable bonds is 8. The first-order valence-electron chi connectivity index (χ1n) is 18.4. The summed E-state index contributed by atoms with van der Waals surface area (Å²) in [5.41, 5.74) is 8.20. The van der Waals surface area contributed by atoms with Gasteiger partial charge in [-0.05, 0) is 123 Å². The zero-order valence-corrected chi connectivity index (χ0v) is 29.7. The van der Waals surface area contributed by atoms with Crippen LogP contribution >= 0.6 is 11.6 Å². The summed E-state index contributed by atoms with van der Waals surface area (Å²) in [4.78, 5) is 14.9. The summed E-state index contributed by atoms with van der Waals surface area (Å²) < 4.78 is 11.1. The Bertz CT molecular complexity index is 1620. The fraction of sp³-hybridized carbons (Fsp3) is 0.641. The molecule has 7 aliphatic rings. The second kappa shape index (κ2) is 14.2. The van der Waals surface area contributed by atoms with Crippen molar-refractivity contribution < 1.29 is 39.8 Å². The molecule has 12 heteroatoms. The molecule has 0 spiro atoms. The molecule has 2 unspecified atom stereocenters. The minimum atomic E-state index is -1.42. The molecule has 2 aromatic rings. The Morgan fingerprint density at radius 2 is 1.76 bits per heavy atom. The molecule has 2 saturated heterocycles. The summed E-state index contributed by atoms with van der Waals surface area (Å²) >= 11 is 6.35. The van der Waals surface area contributed by atoms with E-state index >= 15 is 0 Å². The Morgan fingerprint density at radius 1 is 1.06 bits per heavy atom. The van der Waals surface area contributed by atoms with Crippen molar-refractivity contribution in [1.29, 1.82) is 5.26 Å². The number of nitrogens with two attached hydrogens (primary N) is 1. The summed E-state index contributed by atoms with van der Waals surface area (Å²) in [5, 5.41) is 60.5. The number of ether oxygens (including phenoxy) is 2. The number of nitrogens with zero attached hydrogens (tertiary/aromatic N) is 2. The van der Waals surface area contributed by atoms with Gasteiger partial charge in [0.15, 0.2) is 0 Å². The molecule has 11 nitrogen and oxygen atoms in total. The smallest absolute Gasteiger partial charge is 0.241 e. The lowest BCUT2D eigenvalue weighted by atomic mass is 9.46. The van der Waals surface area contributed by atoms with Gasteiger partial charge in [0.25, 0.3) is 0 Å².